The highest BCUT2D eigenvalue weighted by molar-refractivity contribution is 7.89. The molecule has 1 aliphatic heterocycles. The molecule has 2 heterocycles. The number of nitrogens with zero attached hydrogens (tertiary/aromatic N) is 2. The normalized spacial score (nSPS) is 17.5. The monoisotopic (exact) mass is 333 g/mol. The lowest BCUT2D eigenvalue weighted by atomic mass is 10.1. The molecule has 124 valence electrons. The molecule has 6 heteroatoms. The minimum Gasteiger partial charge on any atom is -0.367 e. The van der Waals surface area contributed by atoms with Gasteiger partial charge in [-0.05, 0) is 44.4 Å². The van der Waals surface area contributed by atoms with Gasteiger partial charge < -0.3 is 5.32 Å². The molecule has 5 nitrogen and oxygen atoms in total. The minimum atomic E-state index is -3.06. The van der Waals surface area contributed by atoms with Gasteiger partial charge in [0.2, 0.25) is 10.0 Å². The third kappa shape index (κ3) is 3.48. The van der Waals surface area contributed by atoms with Crippen LogP contribution >= 0.6 is 0 Å². The number of benzene rings is 1. The van der Waals surface area contributed by atoms with Crippen LogP contribution in [0.5, 0.6) is 0 Å². The number of hydrogen-bond donors (Lipinski definition) is 1. The number of hydrogen-bond acceptors (Lipinski definition) is 4. The van der Waals surface area contributed by atoms with Gasteiger partial charge in [0.15, 0.2) is 0 Å². The lowest BCUT2D eigenvalue weighted by Crippen LogP contribution is -2.43. The van der Waals surface area contributed by atoms with E-state index in [1.165, 1.54) is 10.9 Å². The molecule has 0 unspecified atom stereocenters. The average molecular weight is 333 g/mol. The van der Waals surface area contributed by atoms with Crippen molar-refractivity contribution >= 4 is 26.7 Å². The van der Waals surface area contributed by atoms with Gasteiger partial charge in [-0.3, -0.25) is 0 Å². The van der Waals surface area contributed by atoms with Crippen molar-refractivity contribution in [2.24, 2.45) is 0 Å². The lowest BCUT2D eigenvalue weighted by molar-refractivity contribution is 0.330. The van der Waals surface area contributed by atoms with Gasteiger partial charge in [0.25, 0.3) is 0 Å². The van der Waals surface area contributed by atoms with E-state index in [1.807, 2.05) is 18.2 Å². The Kier molecular flexibility index (Phi) is 4.55. The van der Waals surface area contributed by atoms with Gasteiger partial charge in [-0.15, -0.1) is 0 Å². The molecule has 0 amide bonds. The molecule has 2 aromatic rings. The first-order valence-corrected chi connectivity index (χ1v) is 9.71. The first-order valence-electron chi connectivity index (χ1n) is 8.10. The molecule has 1 aromatic carbocycles. The van der Waals surface area contributed by atoms with Crippen molar-refractivity contribution in [1.82, 2.24) is 9.29 Å². The van der Waals surface area contributed by atoms with Crippen LogP contribution in [0.2, 0.25) is 0 Å². The predicted molar refractivity (Wildman–Crippen MR) is 94.2 cm³/mol. The number of anilines is 1. The van der Waals surface area contributed by atoms with Crippen molar-refractivity contribution in [2.45, 2.75) is 32.7 Å². The molecule has 1 N–H and O–H groups in total. The number of aromatic nitrogens is 1. The molecule has 23 heavy (non-hydrogen) atoms. The van der Waals surface area contributed by atoms with Gasteiger partial charge >= 0.3 is 0 Å². The van der Waals surface area contributed by atoms with Gasteiger partial charge in [-0.2, -0.15) is 0 Å². The first-order chi connectivity index (χ1) is 11.0. The van der Waals surface area contributed by atoms with Gasteiger partial charge in [-0.25, -0.2) is 17.7 Å². The fourth-order valence-corrected chi connectivity index (χ4v) is 4.23. The molecule has 0 spiro atoms. The number of nitrogens with one attached hydrogen (secondary N) is 1. The minimum absolute atomic E-state index is 0.177. The standard InChI is InChI=1S/C17H23N3O2S/c1-3-23(21,22)20-10-8-14(9-11-20)18-17-12-13(2)15-6-4-5-7-16(15)19-17/h4-7,12,14H,3,8-11H2,1-2H3,(H,18,19). The van der Waals surface area contributed by atoms with Gasteiger partial charge in [0, 0.05) is 24.5 Å². The summed E-state index contributed by atoms with van der Waals surface area (Å²) in [6.45, 7) is 4.95. The summed E-state index contributed by atoms with van der Waals surface area (Å²) in [4.78, 5) is 4.67. The molecule has 0 atom stereocenters. The van der Waals surface area contributed by atoms with Crippen LogP contribution < -0.4 is 5.32 Å². The third-order valence-corrected chi connectivity index (χ3v) is 6.37. The van der Waals surface area contributed by atoms with Gasteiger partial charge in [-0.1, -0.05) is 18.2 Å². The average Bonchev–Trinajstić information content (AvgIpc) is 2.55. The number of fused-ring (bicyclic) bond motifs is 1. The number of para-hydroxylation sites is 1. The molecular weight excluding hydrogens is 310 g/mol. The van der Waals surface area contributed by atoms with E-state index >= 15 is 0 Å². The van der Waals surface area contributed by atoms with Gasteiger partial charge in [0.1, 0.15) is 5.82 Å². The molecule has 0 saturated carbocycles. The van der Waals surface area contributed by atoms with Crippen LogP contribution in [0.3, 0.4) is 0 Å². The number of pyridine rings is 1. The molecule has 1 saturated heterocycles. The van der Waals surface area contributed by atoms with Crippen LogP contribution in [0, 0.1) is 6.92 Å². The smallest absolute Gasteiger partial charge is 0.213 e. The molecule has 1 fully saturated rings. The van der Waals surface area contributed by atoms with E-state index < -0.39 is 10.0 Å². The predicted octanol–water partition coefficient (Wildman–Crippen LogP) is 2.77. The summed E-state index contributed by atoms with van der Waals surface area (Å²) in [6.07, 6.45) is 1.62. The maximum Gasteiger partial charge on any atom is 0.213 e. The van der Waals surface area contributed by atoms with Crippen LogP contribution in [-0.2, 0) is 10.0 Å². The summed E-state index contributed by atoms with van der Waals surface area (Å²) in [6, 6.07) is 10.4. The first kappa shape index (κ1) is 16.2. The lowest BCUT2D eigenvalue weighted by Gasteiger charge is -2.31. The Balaban J connectivity index is 1.70. The second-order valence-corrected chi connectivity index (χ2v) is 8.32. The SMILES string of the molecule is CCS(=O)(=O)N1CCC(Nc2cc(C)c3ccccc3n2)CC1. The van der Waals surface area contributed by atoms with E-state index in [0.29, 0.717) is 13.1 Å². The molecule has 1 aromatic heterocycles. The number of sulfonamides is 1. The highest BCUT2D eigenvalue weighted by atomic mass is 32.2. The summed E-state index contributed by atoms with van der Waals surface area (Å²) in [7, 11) is -3.06. The van der Waals surface area contributed by atoms with E-state index in [-0.39, 0.29) is 11.8 Å². The second kappa shape index (κ2) is 6.45. The fourth-order valence-electron chi connectivity index (χ4n) is 3.09. The highest BCUT2D eigenvalue weighted by Crippen LogP contribution is 2.22. The van der Waals surface area contributed by atoms with Crippen LogP contribution in [0.25, 0.3) is 10.9 Å². The number of aryl methyl sites for hydroxylation is 1. The van der Waals surface area contributed by atoms with Crippen LogP contribution in [0.1, 0.15) is 25.3 Å². The summed E-state index contributed by atoms with van der Waals surface area (Å²) < 4.78 is 25.4. The number of rotatable bonds is 4. The zero-order valence-corrected chi connectivity index (χ0v) is 14.4. The van der Waals surface area contributed by atoms with Crippen molar-refractivity contribution in [3.8, 4) is 0 Å². The Morgan fingerprint density at radius 3 is 2.65 bits per heavy atom. The molecule has 1 aliphatic rings. The Morgan fingerprint density at radius 2 is 1.96 bits per heavy atom. The Bertz CT molecular complexity index is 797. The summed E-state index contributed by atoms with van der Waals surface area (Å²) in [5, 5.41) is 4.64. The van der Waals surface area contributed by atoms with E-state index in [1.54, 1.807) is 11.2 Å². The molecule has 0 aliphatic carbocycles. The molecular formula is C17H23N3O2S. The van der Waals surface area contributed by atoms with Crippen molar-refractivity contribution in [3.05, 3.63) is 35.9 Å². The Morgan fingerprint density at radius 1 is 1.26 bits per heavy atom. The maximum atomic E-state index is 11.9. The molecule has 0 radical (unpaired) electrons. The molecule has 3 rings (SSSR count). The second-order valence-electron chi connectivity index (χ2n) is 6.06. The van der Waals surface area contributed by atoms with E-state index in [4.69, 9.17) is 0 Å². The number of piperidine rings is 1. The van der Waals surface area contributed by atoms with E-state index in [2.05, 4.69) is 29.4 Å². The summed E-state index contributed by atoms with van der Waals surface area (Å²) in [5.74, 6) is 1.05. The van der Waals surface area contributed by atoms with E-state index in [0.717, 1.165) is 24.2 Å². The van der Waals surface area contributed by atoms with Crippen LogP contribution in [0.15, 0.2) is 30.3 Å². The van der Waals surface area contributed by atoms with Crippen molar-refractivity contribution in [1.29, 1.82) is 0 Å². The van der Waals surface area contributed by atoms with Crippen molar-refractivity contribution in [3.63, 3.8) is 0 Å². The third-order valence-electron chi connectivity index (χ3n) is 4.49. The highest BCUT2D eigenvalue weighted by Gasteiger charge is 2.26. The quantitative estimate of drug-likeness (QED) is 0.934. The Hall–Kier alpha value is -1.66. The van der Waals surface area contributed by atoms with Gasteiger partial charge in [0.05, 0.1) is 11.3 Å². The van der Waals surface area contributed by atoms with Crippen molar-refractivity contribution in [2.75, 3.05) is 24.2 Å². The Labute approximate surface area is 137 Å². The largest absolute Gasteiger partial charge is 0.367 e. The van der Waals surface area contributed by atoms with Crippen LogP contribution in [0.4, 0.5) is 5.82 Å². The van der Waals surface area contributed by atoms with E-state index in [9.17, 15) is 8.42 Å². The topological polar surface area (TPSA) is 62.3 Å². The zero-order valence-electron chi connectivity index (χ0n) is 13.6. The fraction of sp³-hybridized carbons (Fsp3) is 0.471. The molecule has 0 bridgehead atoms. The summed E-state index contributed by atoms with van der Waals surface area (Å²) in [5.41, 5.74) is 2.19. The maximum absolute atomic E-state index is 11.9. The van der Waals surface area contributed by atoms with Crippen molar-refractivity contribution < 1.29 is 8.42 Å². The zero-order chi connectivity index (χ0) is 16.4. The van der Waals surface area contributed by atoms with Crippen LogP contribution in [-0.4, -0.2) is 42.6 Å². The summed E-state index contributed by atoms with van der Waals surface area (Å²) >= 11 is 0.